The van der Waals surface area contributed by atoms with E-state index in [4.69, 9.17) is 11.6 Å². The van der Waals surface area contributed by atoms with Gasteiger partial charge in [0.15, 0.2) is 0 Å². The summed E-state index contributed by atoms with van der Waals surface area (Å²) in [5.74, 6) is -0.175. The SMILES string of the molecule is CNCc1cn(CC(=O)Nc2ccc(C)c(Cl)c2)nn1. The van der Waals surface area contributed by atoms with E-state index in [1.165, 1.54) is 4.68 Å². The molecular formula is C13H16ClN5O. The summed E-state index contributed by atoms with van der Waals surface area (Å²) in [5, 5.41) is 14.2. The number of amides is 1. The van der Waals surface area contributed by atoms with Gasteiger partial charge in [-0.3, -0.25) is 4.79 Å². The second kappa shape index (κ2) is 6.49. The Labute approximate surface area is 122 Å². The van der Waals surface area contributed by atoms with E-state index >= 15 is 0 Å². The molecule has 0 unspecified atom stereocenters. The molecule has 0 aliphatic rings. The molecule has 0 spiro atoms. The molecule has 0 aliphatic carbocycles. The van der Waals surface area contributed by atoms with Crippen LogP contribution in [0, 0.1) is 6.92 Å². The Morgan fingerprint density at radius 2 is 2.25 bits per heavy atom. The van der Waals surface area contributed by atoms with Crippen molar-refractivity contribution >= 4 is 23.2 Å². The van der Waals surface area contributed by atoms with Crippen molar-refractivity contribution in [3.05, 3.63) is 40.7 Å². The fourth-order valence-corrected chi connectivity index (χ4v) is 1.88. The first-order valence-corrected chi connectivity index (χ1v) is 6.56. The summed E-state index contributed by atoms with van der Waals surface area (Å²) >= 11 is 6.01. The lowest BCUT2D eigenvalue weighted by atomic mass is 10.2. The van der Waals surface area contributed by atoms with Gasteiger partial charge in [0.2, 0.25) is 5.91 Å². The summed E-state index contributed by atoms with van der Waals surface area (Å²) in [6.45, 7) is 2.64. The van der Waals surface area contributed by atoms with Crippen LogP contribution in [0.2, 0.25) is 5.02 Å². The molecule has 2 rings (SSSR count). The van der Waals surface area contributed by atoms with Crippen molar-refractivity contribution in [3.63, 3.8) is 0 Å². The van der Waals surface area contributed by atoms with E-state index < -0.39 is 0 Å². The monoisotopic (exact) mass is 293 g/mol. The molecular weight excluding hydrogens is 278 g/mol. The van der Waals surface area contributed by atoms with Crippen LogP contribution < -0.4 is 10.6 Å². The van der Waals surface area contributed by atoms with Crippen molar-refractivity contribution < 1.29 is 4.79 Å². The standard InChI is InChI=1S/C13H16ClN5O/c1-9-3-4-10(5-12(9)14)16-13(20)8-19-7-11(6-15-2)17-18-19/h3-5,7,15H,6,8H2,1-2H3,(H,16,20). The smallest absolute Gasteiger partial charge is 0.246 e. The second-order valence-corrected chi connectivity index (χ2v) is 4.86. The number of rotatable bonds is 5. The lowest BCUT2D eigenvalue weighted by Gasteiger charge is -2.06. The Morgan fingerprint density at radius 1 is 1.45 bits per heavy atom. The van der Waals surface area contributed by atoms with Crippen LogP contribution in [0.1, 0.15) is 11.3 Å². The first-order valence-electron chi connectivity index (χ1n) is 6.18. The van der Waals surface area contributed by atoms with Crippen LogP contribution >= 0.6 is 11.6 Å². The summed E-state index contributed by atoms with van der Waals surface area (Å²) in [4.78, 5) is 11.9. The van der Waals surface area contributed by atoms with Crippen molar-refractivity contribution in [2.45, 2.75) is 20.0 Å². The van der Waals surface area contributed by atoms with Crippen LogP contribution in [0.25, 0.3) is 0 Å². The number of carbonyl (C=O) groups is 1. The molecule has 0 aliphatic heterocycles. The Hall–Kier alpha value is -1.92. The number of nitrogens with zero attached hydrogens (tertiary/aromatic N) is 3. The third-order valence-electron chi connectivity index (χ3n) is 2.71. The highest BCUT2D eigenvalue weighted by Gasteiger charge is 2.07. The number of aromatic nitrogens is 3. The molecule has 7 heteroatoms. The van der Waals surface area contributed by atoms with Gasteiger partial charge in [0, 0.05) is 17.3 Å². The molecule has 1 aromatic heterocycles. The number of aryl methyl sites for hydroxylation is 1. The predicted molar refractivity (Wildman–Crippen MR) is 77.6 cm³/mol. The van der Waals surface area contributed by atoms with E-state index in [1.807, 2.05) is 26.1 Å². The molecule has 0 fully saturated rings. The summed E-state index contributed by atoms with van der Waals surface area (Å²) in [7, 11) is 1.83. The maximum atomic E-state index is 11.9. The molecule has 6 nitrogen and oxygen atoms in total. The van der Waals surface area contributed by atoms with Crippen LogP contribution in [-0.2, 0) is 17.9 Å². The molecule has 1 aromatic carbocycles. The van der Waals surface area contributed by atoms with Crippen LogP contribution in [0.15, 0.2) is 24.4 Å². The number of halogens is 1. The number of anilines is 1. The Balaban J connectivity index is 1.95. The molecule has 1 heterocycles. The predicted octanol–water partition coefficient (Wildman–Crippen LogP) is 1.60. The minimum Gasteiger partial charge on any atom is -0.324 e. The van der Waals surface area contributed by atoms with Crippen molar-refractivity contribution in [2.75, 3.05) is 12.4 Å². The Bertz CT molecular complexity index is 611. The van der Waals surface area contributed by atoms with E-state index in [-0.39, 0.29) is 12.5 Å². The van der Waals surface area contributed by atoms with Gasteiger partial charge in [-0.25, -0.2) is 4.68 Å². The van der Waals surface area contributed by atoms with Gasteiger partial charge in [0.05, 0.1) is 11.9 Å². The molecule has 0 saturated heterocycles. The third-order valence-corrected chi connectivity index (χ3v) is 3.11. The average Bonchev–Trinajstić information content (AvgIpc) is 2.81. The topological polar surface area (TPSA) is 71.8 Å². The van der Waals surface area contributed by atoms with Crippen LogP contribution in [-0.4, -0.2) is 27.9 Å². The van der Waals surface area contributed by atoms with Gasteiger partial charge in [-0.15, -0.1) is 5.10 Å². The van der Waals surface area contributed by atoms with E-state index in [1.54, 1.807) is 12.3 Å². The first-order chi connectivity index (χ1) is 9.58. The van der Waals surface area contributed by atoms with E-state index in [2.05, 4.69) is 20.9 Å². The third kappa shape index (κ3) is 3.79. The lowest BCUT2D eigenvalue weighted by molar-refractivity contribution is -0.116. The normalized spacial score (nSPS) is 10.6. The maximum Gasteiger partial charge on any atom is 0.246 e. The first kappa shape index (κ1) is 14.5. The van der Waals surface area contributed by atoms with Crippen LogP contribution in [0.5, 0.6) is 0 Å². The van der Waals surface area contributed by atoms with Crippen LogP contribution in [0.3, 0.4) is 0 Å². The van der Waals surface area contributed by atoms with Crippen molar-refractivity contribution in [3.8, 4) is 0 Å². The fraction of sp³-hybridized carbons (Fsp3) is 0.308. The molecule has 2 N–H and O–H groups in total. The second-order valence-electron chi connectivity index (χ2n) is 4.45. The largest absolute Gasteiger partial charge is 0.324 e. The number of carbonyl (C=O) groups excluding carboxylic acids is 1. The molecule has 0 saturated carbocycles. The molecule has 1 amide bonds. The number of hydrogen-bond acceptors (Lipinski definition) is 4. The van der Waals surface area contributed by atoms with E-state index in [9.17, 15) is 4.79 Å². The Morgan fingerprint density at radius 3 is 2.95 bits per heavy atom. The minimum atomic E-state index is -0.175. The summed E-state index contributed by atoms with van der Waals surface area (Å²) in [5.41, 5.74) is 2.43. The zero-order valence-corrected chi connectivity index (χ0v) is 12.1. The highest BCUT2D eigenvalue weighted by atomic mass is 35.5. The minimum absolute atomic E-state index is 0.113. The van der Waals surface area contributed by atoms with Crippen molar-refractivity contribution in [2.24, 2.45) is 0 Å². The number of benzene rings is 1. The highest BCUT2D eigenvalue weighted by molar-refractivity contribution is 6.31. The van der Waals surface area contributed by atoms with Crippen LogP contribution in [0.4, 0.5) is 5.69 Å². The number of hydrogen-bond donors (Lipinski definition) is 2. The molecule has 0 radical (unpaired) electrons. The van der Waals surface area contributed by atoms with Gasteiger partial charge >= 0.3 is 0 Å². The quantitative estimate of drug-likeness (QED) is 0.878. The van der Waals surface area contributed by atoms with Gasteiger partial charge in [0.1, 0.15) is 6.54 Å². The number of nitrogens with one attached hydrogen (secondary N) is 2. The van der Waals surface area contributed by atoms with Gasteiger partial charge in [0.25, 0.3) is 0 Å². The van der Waals surface area contributed by atoms with Crippen molar-refractivity contribution in [1.29, 1.82) is 0 Å². The summed E-state index contributed by atoms with van der Waals surface area (Å²) in [6.07, 6.45) is 1.73. The van der Waals surface area contributed by atoms with Crippen molar-refractivity contribution in [1.82, 2.24) is 20.3 Å². The molecule has 2 aromatic rings. The molecule has 106 valence electrons. The van der Waals surface area contributed by atoms with Gasteiger partial charge in [-0.2, -0.15) is 0 Å². The van der Waals surface area contributed by atoms with E-state index in [0.717, 1.165) is 11.3 Å². The van der Waals surface area contributed by atoms with E-state index in [0.29, 0.717) is 17.3 Å². The summed E-state index contributed by atoms with van der Waals surface area (Å²) < 4.78 is 1.50. The molecule has 0 atom stereocenters. The van der Waals surface area contributed by atoms with Gasteiger partial charge < -0.3 is 10.6 Å². The molecule has 20 heavy (non-hydrogen) atoms. The Kier molecular flexibility index (Phi) is 4.70. The van der Waals surface area contributed by atoms with Gasteiger partial charge in [-0.1, -0.05) is 22.9 Å². The maximum absolute atomic E-state index is 11.9. The highest BCUT2D eigenvalue weighted by Crippen LogP contribution is 2.19. The zero-order valence-electron chi connectivity index (χ0n) is 11.4. The average molecular weight is 294 g/mol. The lowest BCUT2D eigenvalue weighted by Crippen LogP contribution is -2.19. The molecule has 0 bridgehead atoms. The zero-order chi connectivity index (χ0) is 14.5. The summed E-state index contributed by atoms with van der Waals surface area (Å²) in [6, 6.07) is 5.40. The van der Waals surface area contributed by atoms with Gasteiger partial charge in [-0.05, 0) is 31.7 Å². The fourth-order valence-electron chi connectivity index (χ4n) is 1.70.